The average Bonchev–Trinajstić information content (AvgIpc) is 3.37. The molecule has 2 heterocycles. The number of aromatic nitrogens is 2. The van der Waals surface area contributed by atoms with Crippen molar-refractivity contribution >= 4 is 5.91 Å². The summed E-state index contributed by atoms with van der Waals surface area (Å²) in [7, 11) is 0. The highest BCUT2D eigenvalue weighted by Gasteiger charge is 2.43. The molecule has 2 aromatic rings. The number of nitrogens with one attached hydrogen (secondary N) is 1. The lowest BCUT2D eigenvalue weighted by Gasteiger charge is -2.30. The molecule has 26 heavy (non-hydrogen) atoms. The molecule has 138 valence electrons. The van der Waals surface area contributed by atoms with E-state index in [4.69, 9.17) is 9.47 Å². The van der Waals surface area contributed by atoms with Crippen molar-refractivity contribution < 1.29 is 14.3 Å². The zero-order valence-electron chi connectivity index (χ0n) is 14.9. The Balaban J connectivity index is 1.44. The van der Waals surface area contributed by atoms with Gasteiger partial charge < -0.3 is 14.8 Å². The highest BCUT2D eigenvalue weighted by molar-refractivity contribution is 5.88. The van der Waals surface area contributed by atoms with Gasteiger partial charge in [-0.2, -0.15) is 5.10 Å². The predicted molar refractivity (Wildman–Crippen MR) is 97.4 cm³/mol. The van der Waals surface area contributed by atoms with E-state index in [-0.39, 0.29) is 5.91 Å². The molecule has 0 unspecified atom stereocenters. The van der Waals surface area contributed by atoms with Gasteiger partial charge in [0.25, 0.3) is 0 Å². The first-order chi connectivity index (χ1) is 12.8. The molecule has 4 rings (SSSR count). The first kappa shape index (κ1) is 16.9. The van der Waals surface area contributed by atoms with E-state index in [0.29, 0.717) is 19.8 Å². The smallest absolute Gasteiger partial charge is 0.230 e. The highest BCUT2D eigenvalue weighted by atomic mass is 16.6. The van der Waals surface area contributed by atoms with Gasteiger partial charge in [-0.25, -0.2) is 0 Å². The number of amides is 1. The molecule has 1 aromatic carbocycles. The van der Waals surface area contributed by atoms with Gasteiger partial charge in [0, 0.05) is 25.5 Å². The maximum absolute atomic E-state index is 13.1. The summed E-state index contributed by atoms with van der Waals surface area (Å²) in [6, 6.07) is 7.88. The van der Waals surface area contributed by atoms with Crippen molar-refractivity contribution in [1.29, 1.82) is 0 Å². The number of carbonyl (C=O) groups is 1. The van der Waals surface area contributed by atoms with Crippen molar-refractivity contribution in [3.05, 3.63) is 42.2 Å². The van der Waals surface area contributed by atoms with E-state index in [1.54, 1.807) is 6.20 Å². The van der Waals surface area contributed by atoms with Crippen LogP contribution in [-0.4, -0.2) is 35.4 Å². The third kappa shape index (κ3) is 3.28. The quantitative estimate of drug-likeness (QED) is 0.809. The number of hydrogen-bond acceptors (Lipinski definition) is 4. The molecule has 0 spiro atoms. The molecule has 1 saturated carbocycles. The van der Waals surface area contributed by atoms with E-state index >= 15 is 0 Å². The molecule has 1 aliphatic carbocycles. The molecule has 6 heteroatoms. The summed E-state index contributed by atoms with van der Waals surface area (Å²) in [5.41, 5.74) is 0.602. The van der Waals surface area contributed by atoms with Crippen LogP contribution in [0.25, 0.3) is 0 Å². The van der Waals surface area contributed by atoms with Crippen LogP contribution in [0.15, 0.2) is 36.7 Å². The monoisotopic (exact) mass is 355 g/mol. The number of carbonyl (C=O) groups excluding carboxylic acids is 1. The fourth-order valence-electron chi connectivity index (χ4n) is 4.01. The van der Waals surface area contributed by atoms with E-state index in [1.165, 1.54) is 0 Å². The van der Waals surface area contributed by atoms with Crippen molar-refractivity contribution in [3.8, 4) is 11.5 Å². The second kappa shape index (κ2) is 7.40. The number of hydrogen-bond donors (Lipinski definition) is 1. The van der Waals surface area contributed by atoms with Gasteiger partial charge in [0.2, 0.25) is 5.91 Å². The number of ether oxygens (including phenoxy) is 2. The van der Waals surface area contributed by atoms with Gasteiger partial charge in [0.05, 0.1) is 5.41 Å². The van der Waals surface area contributed by atoms with E-state index in [2.05, 4.69) is 10.4 Å². The van der Waals surface area contributed by atoms with Crippen LogP contribution in [0.3, 0.4) is 0 Å². The zero-order valence-corrected chi connectivity index (χ0v) is 14.9. The summed E-state index contributed by atoms with van der Waals surface area (Å²) in [5, 5.41) is 7.35. The first-order valence-corrected chi connectivity index (χ1v) is 9.44. The number of rotatable bonds is 6. The summed E-state index contributed by atoms with van der Waals surface area (Å²) in [6.07, 6.45) is 8.51. The van der Waals surface area contributed by atoms with Gasteiger partial charge >= 0.3 is 0 Å². The molecule has 0 saturated heterocycles. The average molecular weight is 355 g/mol. The summed E-state index contributed by atoms with van der Waals surface area (Å²) >= 11 is 0. The number of fused-ring (bicyclic) bond motifs is 1. The Hall–Kier alpha value is -2.50. The third-order valence-corrected chi connectivity index (χ3v) is 5.40. The number of nitrogens with zero attached hydrogens (tertiary/aromatic N) is 2. The van der Waals surface area contributed by atoms with Gasteiger partial charge in [0.15, 0.2) is 11.5 Å². The first-order valence-electron chi connectivity index (χ1n) is 9.44. The largest absolute Gasteiger partial charge is 0.486 e. The van der Waals surface area contributed by atoms with Crippen LogP contribution in [0.5, 0.6) is 11.5 Å². The third-order valence-electron chi connectivity index (χ3n) is 5.40. The topological polar surface area (TPSA) is 65.4 Å². The summed E-state index contributed by atoms with van der Waals surface area (Å²) in [5.74, 6) is 1.66. The summed E-state index contributed by atoms with van der Waals surface area (Å²) in [4.78, 5) is 13.1. The molecule has 0 atom stereocenters. The maximum atomic E-state index is 13.1. The number of benzene rings is 1. The van der Waals surface area contributed by atoms with E-state index in [0.717, 1.165) is 55.7 Å². The Morgan fingerprint density at radius 2 is 2.00 bits per heavy atom. The van der Waals surface area contributed by atoms with Crippen molar-refractivity contribution in [2.24, 2.45) is 0 Å². The van der Waals surface area contributed by atoms with E-state index in [9.17, 15) is 4.79 Å². The maximum Gasteiger partial charge on any atom is 0.230 e. The minimum absolute atomic E-state index is 0.132. The van der Waals surface area contributed by atoms with Gasteiger partial charge in [0.1, 0.15) is 13.2 Å². The lowest BCUT2D eigenvalue weighted by Crippen LogP contribution is -2.43. The molecule has 2 aliphatic rings. The fourth-order valence-corrected chi connectivity index (χ4v) is 4.01. The molecular weight excluding hydrogens is 330 g/mol. The van der Waals surface area contributed by atoms with Crippen molar-refractivity contribution in [1.82, 2.24) is 15.1 Å². The molecule has 1 N–H and O–H groups in total. The lowest BCUT2D eigenvalue weighted by atomic mass is 9.77. The second-order valence-corrected chi connectivity index (χ2v) is 7.03. The van der Waals surface area contributed by atoms with Crippen LogP contribution in [0.1, 0.15) is 37.7 Å². The molecule has 1 aliphatic heterocycles. The lowest BCUT2D eigenvalue weighted by molar-refractivity contribution is -0.126. The minimum Gasteiger partial charge on any atom is -0.486 e. The molecule has 1 fully saturated rings. The van der Waals surface area contributed by atoms with Crippen LogP contribution in [0, 0.1) is 0 Å². The Labute approximate surface area is 153 Å². The van der Waals surface area contributed by atoms with Gasteiger partial charge in [-0.15, -0.1) is 0 Å². The van der Waals surface area contributed by atoms with Crippen molar-refractivity contribution in [2.75, 3.05) is 19.8 Å². The van der Waals surface area contributed by atoms with Crippen LogP contribution in [-0.2, 0) is 16.8 Å². The van der Waals surface area contributed by atoms with Crippen molar-refractivity contribution in [3.63, 3.8) is 0 Å². The SMILES string of the molecule is O=C(NCCCn1cccn1)C1(c2ccc3c(c2)OCCO3)CCCC1. The predicted octanol–water partition coefficient (Wildman–Crippen LogP) is 2.67. The molecule has 0 bridgehead atoms. The molecule has 1 aromatic heterocycles. The zero-order chi connectivity index (χ0) is 17.8. The summed E-state index contributed by atoms with van der Waals surface area (Å²) in [6.45, 7) is 2.60. The minimum atomic E-state index is -0.443. The van der Waals surface area contributed by atoms with Crippen LogP contribution >= 0.6 is 0 Å². The van der Waals surface area contributed by atoms with E-state index in [1.807, 2.05) is 35.1 Å². The van der Waals surface area contributed by atoms with Crippen LogP contribution in [0.2, 0.25) is 0 Å². The fraction of sp³-hybridized carbons (Fsp3) is 0.500. The van der Waals surface area contributed by atoms with Gasteiger partial charge in [-0.1, -0.05) is 18.9 Å². The van der Waals surface area contributed by atoms with Crippen LogP contribution in [0.4, 0.5) is 0 Å². The Bertz CT molecular complexity index is 752. The molecule has 1 amide bonds. The Morgan fingerprint density at radius 1 is 1.19 bits per heavy atom. The molecular formula is C20H25N3O3. The van der Waals surface area contributed by atoms with Crippen molar-refractivity contribution in [2.45, 2.75) is 44.1 Å². The Morgan fingerprint density at radius 3 is 2.77 bits per heavy atom. The van der Waals surface area contributed by atoms with E-state index < -0.39 is 5.41 Å². The second-order valence-electron chi connectivity index (χ2n) is 7.03. The summed E-state index contributed by atoms with van der Waals surface area (Å²) < 4.78 is 13.2. The highest BCUT2D eigenvalue weighted by Crippen LogP contribution is 2.44. The van der Waals surface area contributed by atoms with Crippen LogP contribution < -0.4 is 14.8 Å². The number of aryl methyl sites for hydroxylation is 1. The molecule has 6 nitrogen and oxygen atoms in total. The van der Waals surface area contributed by atoms with Gasteiger partial charge in [-0.05, 0) is 43.0 Å². The Kier molecular flexibility index (Phi) is 4.82. The van der Waals surface area contributed by atoms with Gasteiger partial charge in [-0.3, -0.25) is 9.48 Å². The molecule has 0 radical (unpaired) electrons. The normalized spacial score (nSPS) is 17.8. The standard InChI is InChI=1S/C20H25N3O3/c24-19(21-9-3-11-23-12-4-10-22-23)20(7-1-2-8-20)16-5-6-17-18(15-16)26-14-13-25-17/h4-6,10,12,15H,1-3,7-9,11,13-14H2,(H,21,24).